The van der Waals surface area contributed by atoms with Crippen LogP contribution in [0.5, 0.6) is 0 Å². The quantitative estimate of drug-likeness (QED) is 0.765. The van der Waals surface area contributed by atoms with Crippen molar-refractivity contribution in [1.82, 2.24) is 8.75 Å². The summed E-state index contributed by atoms with van der Waals surface area (Å²) in [7, 11) is 0. The van der Waals surface area contributed by atoms with E-state index in [9.17, 15) is 0 Å². The predicted molar refractivity (Wildman–Crippen MR) is 62.1 cm³/mol. The van der Waals surface area contributed by atoms with Crippen LogP contribution in [0.1, 0.15) is 33.1 Å². The SMILES string of the molecule is CC(C)CCCCNc1nsnc1Cl. The normalized spacial score (nSPS) is 10.9. The van der Waals surface area contributed by atoms with Crippen LogP contribution in [-0.2, 0) is 0 Å². The highest BCUT2D eigenvalue weighted by molar-refractivity contribution is 6.99. The molecule has 0 amide bonds. The molecular weight excluding hydrogens is 218 g/mol. The summed E-state index contributed by atoms with van der Waals surface area (Å²) in [6.45, 7) is 5.42. The Morgan fingerprint density at radius 2 is 2.14 bits per heavy atom. The van der Waals surface area contributed by atoms with E-state index in [0.717, 1.165) is 36.4 Å². The van der Waals surface area contributed by atoms with Crippen LogP contribution in [0.15, 0.2) is 0 Å². The van der Waals surface area contributed by atoms with Gasteiger partial charge in [-0.15, -0.1) is 0 Å². The number of rotatable bonds is 6. The molecule has 0 saturated carbocycles. The van der Waals surface area contributed by atoms with Crippen molar-refractivity contribution in [2.24, 2.45) is 5.92 Å². The van der Waals surface area contributed by atoms with Crippen molar-refractivity contribution in [3.63, 3.8) is 0 Å². The molecule has 1 aromatic heterocycles. The zero-order valence-corrected chi connectivity index (χ0v) is 10.2. The van der Waals surface area contributed by atoms with E-state index >= 15 is 0 Å². The second-order valence-corrected chi connectivity index (χ2v) is 4.61. The zero-order chi connectivity index (χ0) is 10.4. The van der Waals surface area contributed by atoms with E-state index < -0.39 is 0 Å². The molecule has 0 radical (unpaired) electrons. The first-order chi connectivity index (χ1) is 6.70. The number of aromatic nitrogens is 2. The van der Waals surface area contributed by atoms with Crippen molar-refractivity contribution < 1.29 is 0 Å². The first kappa shape index (κ1) is 11.7. The summed E-state index contributed by atoms with van der Waals surface area (Å²) in [5.41, 5.74) is 0. The van der Waals surface area contributed by atoms with Crippen molar-refractivity contribution in [1.29, 1.82) is 0 Å². The highest BCUT2D eigenvalue weighted by atomic mass is 35.5. The predicted octanol–water partition coefficient (Wildman–Crippen LogP) is 3.43. The lowest BCUT2D eigenvalue weighted by molar-refractivity contribution is 0.544. The van der Waals surface area contributed by atoms with Crippen LogP contribution in [0.2, 0.25) is 5.15 Å². The Labute approximate surface area is 94.2 Å². The summed E-state index contributed by atoms with van der Waals surface area (Å²) >= 11 is 6.92. The average Bonchev–Trinajstić information content (AvgIpc) is 2.51. The third-order valence-corrected chi connectivity index (χ3v) is 2.84. The van der Waals surface area contributed by atoms with Crippen LogP contribution in [0.4, 0.5) is 5.82 Å². The van der Waals surface area contributed by atoms with Gasteiger partial charge in [0.25, 0.3) is 0 Å². The van der Waals surface area contributed by atoms with Crippen molar-refractivity contribution in [3.05, 3.63) is 5.15 Å². The van der Waals surface area contributed by atoms with Crippen molar-refractivity contribution in [2.45, 2.75) is 33.1 Å². The van der Waals surface area contributed by atoms with E-state index in [1.165, 1.54) is 12.8 Å². The monoisotopic (exact) mass is 233 g/mol. The number of anilines is 1. The summed E-state index contributed by atoms with van der Waals surface area (Å²) in [4.78, 5) is 0. The first-order valence-corrected chi connectivity index (χ1v) is 6.03. The van der Waals surface area contributed by atoms with Crippen molar-refractivity contribution in [3.8, 4) is 0 Å². The maximum atomic E-state index is 5.78. The fourth-order valence-corrected chi connectivity index (χ4v) is 1.85. The minimum absolute atomic E-state index is 0.485. The van der Waals surface area contributed by atoms with E-state index in [-0.39, 0.29) is 0 Å². The fourth-order valence-electron chi connectivity index (χ4n) is 1.17. The Hall–Kier alpha value is -0.350. The Morgan fingerprint density at radius 1 is 1.36 bits per heavy atom. The molecule has 5 heteroatoms. The molecule has 0 aliphatic rings. The molecule has 0 spiro atoms. The summed E-state index contributed by atoms with van der Waals surface area (Å²) < 4.78 is 7.91. The molecule has 1 heterocycles. The molecule has 0 aliphatic heterocycles. The standard InChI is InChI=1S/C9H16ClN3S/c1-7(2)5-3-4-6-11-9-8(10)12-14-13-9/h7H,3-6H2,1-2H3,(H,11,13). The molecule has 80 valence electrons. The van der Waals surface area contributed by atoms with Gasteiger partial charge in [-0.25, -0.2) is 0 Å². The maximum absolute atomic E-state index is 5.78. The van der Waals surface area contributed by atoms with Gasteiger partial charge in [-0.3, -0.25) is 0 Å². The van der Waals surface area contributed by atoms with Crippen LogP contribution < -0.4 is 5.32 Å². The largest absolute Gasteiger partial charge is 0.367 e. The molecule has 0 bridgehead atoms. The number of hydrogen-bond donors (Lipinski definition) is 1. The van der Waals surface area contributed by atoms with Crippen LogP contribution in [0, 0.1) is 5.92 Å². The van der Waals surface area contributed by atoms with E-state index in [2.05, 4.69) is 27.9 Å². The van der Waals surface area contributed by atoms with Crippen LogP contribution in [-0.4, -0.2) is 15.3 Å². The smallest absolute Gasteiger partial charge is 0.186 e. The number of hydrogen-bond acceptors (Lipinski definition) is 4. The third-order valence-electron chi connectivity index (χ3n) is 1.95. The van der Waals surface area contributed by atoms with E-state index in [1.807, 2.05) is 0 Å². The summed E-state index contributed by atoms with van der Waals surface area (Å²) in [5.74, 6) is 1.51. The Morgan fingerprint density at radius 3 is 2.71 bits per heavy atom. The van der Waals surface area contributed by atoms with Gasteiger partial charge in [-0.2, -0.15) is 8.75 Å². The van der Waals surface area contributed by atoms with Crippen molar-refractivity contribution >= 4 is 29.1 Å². The molecule has 0 unspecified atom stereocenters. The molecule has 0 aromatic carbocycles. The average molecular weight is 234 g/mol. The second-order valence-electron chi connectivity index (χ2n) is 3.72. The van der Waals surface area contributed by atoms with Gasteiger partial charge >= 0.3 is 0 Å². The lowest BCUT2D eigenvalue weighted by Gasteiger charge is -2.04. The van der Waals surface area contributed by atoms with Gasteiger partial charge in [0.05, 0.1) is 11.7 Å². The van der Waals surface area contributed by atoms with Gasteiger partial charge in [0.2, 0.25) is 0 Å². The van der Waals surface area contributed by atoms with Gasteiger partial charge in [-0.1, -0.05) is 38.3 Å². The van der Waals surface area contributed by atoms with Crippen LogP contribution in [0.25, 0.3) is 0 Å². The van der Waals surface area contributed by atoms with Crippen molar-refractivity contribution in [2.75, 3.05) is 11.9 Å². The minimum Gasteiger partial charge on any atom is -0.367 e. The van der Waals surface area contributed by atoms with Crippen LogP contribution in [0.3, 0.4) is 0 Å². The Bertz CT molecular complexity index is 262. The molecule has 0 saturated heterocycles. The Kier molecular flexibility index (Phi) is 5.19. The molecule has 1 rings (SSSR count). The lowest BCUT2D eigenvalue weighted by Crippen LogP contribution is -2.02. The molecule has 14 heavy (non-hydrogen) atoms. The van der Waals surface area contributed by atoms with E-state index in [0.29, 0.717) is 5.15 Å². The second kappa shape index (κ2) is 6.19. The van der Waals surface area contributed by atoms with Gasteiger partial charge < -0.3 is 5.32 Å². The van der Waals surface area contributed by atoms with Gasteiger partial charge in [-0.05, 0) is 12.3 Å². The van der Waals surface area contributed by atoms with E-state index in [4.69, 9.17) is 11.6 Å². The number of halogens is 1. The van der Waals surface area contributed by atoms with E-state index in [1.54, 1.807) is 0 Å². The number of nitrogens with one attached hydrogen (secondary N) is 1. The number of unbranched alkanes of at least 4 members (excludes halogenated alkanes) is 1. The molecule has 0 atom stereocenters. The summed E-state index contributed by atoms with van der Waals surface area (Å²) in [6.07, 6.45) is 3.69. The van der Waals surface area contributed by atoms with Gasteiger partial charge in [0.15, 0.2) is 11.0 Å². The molecule has 0 fully saturated rings. The molecular formula is C9H16ClN3S. The minimum atomic E-state index is 0.485. The molecule has 1 aromatic rings. The Balaban J connectivity index is 2.08. The summed E-state index contributed by atoms with van der Waals surface area (Å²) in [5, 5.41) is 3.66. The summed E-state index contributed by atoms with van der Waals surface area (Å²) in [6, 6.07) is 0. The topological polar surface area (TPSA) is 37.8 Å². The third kappa shape index (κ3) is 4.24. The van der Waals surface area contributed by atoms with Gasteiger partial charge in [0.1, 0.15) is 0 Å². The highest BCUT2D eigenvalue weighted by Crippen LogP contribution is 2.17. The lowest BCUT2D eigenvalue weighted by atomic mass is 10.1. The molecule has 1 N–H and O–H groups in total. The number of nitrogens with zero attached hydrogens (tertiary/aromatic N) is 2. The zero-order valence-electron chi connectivity index (χ0n) is 8.59. The fraction of sp³-hybridized carbons (Fsp3) is 0.778. The maximum Gasteiger partial charge on any atom is 0.186 e. The molecule has 0 aliphatic carbocycles. The van der Waals surface area contributed by atoms with Crippen LogP contribution >= 0.6 is 23.3 Å². The molecule has 3 nitrogen and oxygen atoms in total. The first-order valence-electron chi connectivity index (χ1n) is 4.92. The van der Waals surface area contributed by atoms with Gasteiger partial charge in [0, 0.05) is 6.54 Å². The highest BCUT2D eigenvalue weighted by Gasteiger charge is 2.03.